The van der Waals surface area contributed by atoms with Crippen molar-refractivity contribution in [2.75, 3.05) is 20.8 Å². The third-order valence-electron chi connectivity index (χ3n) is 10.2. The van der Waals surface area contributed by atoms with E-state index < -0.39 is 0 Å². The van der Waals surface area contributed by atoms with E-state index in [1.165, 1.54) is 39.8 Å². The Morgan fingerprint density at radius 2 is 1.39 bits per heavy atom. The van der Waals surface area contributed by atoms with Gasteiger partial charge in [-0.05, 0) is 94.5 Å². The van der Waals surface area contributed by atoms with Crippen LogP contribution in [-0.2, 0) is 17.6 Å². The SMILES string of the molecule is COc1cc2c(cc1OC)[C@@H](Cc1ccc(-c3ccc(-c4ccccc4)cc3)cc1)N(C(=O)O[C@H]1C[C@@H](C)CC[C@@H]1C(C)C)CC2. The molecule has 6 rings (SSSR count). The molecule has 1 aliphatic carbocycles. The van der Waals surface area contributed by atoms with Gasteiger partial charge in [0.15, 0.2) is 11.5 Å². The maximum Gasteiger partial charge on any atom is 0.410 e. The lowest BCUT2D eigenvalue weighted by Crippen LogP contribution is -2.45. The van der Waals surface area contributed by atoms with Crippen LogP contribution in [0, 0.1) is 17.8 Å². The Labute approximate surface area is 274 Å². The molecule has 2 aliphatic rings. The first-order valence-electron chi connectivity index (χ1n) is 16.8. The van der Waals surface area contributed by atoms with Crippen LogP contribution in [0.15, 0.2) is 91.0 Å². The van der Waals surface area contributed by atoms with Crippen molar-refractivity contribution in [2.45, 2.75) is 65.0 Å². The molecule has 0 bridgehead atoms. The molecule has 1 fully saturated rings. The fourth-order valence-electron chi connectivity index (χ4n) is 7.46. The van der Waals surface area contributed by atoms with Gasteiger partial charge in [0.25, 0.3) is 0 Å². The van der Waals surface area contributed by atoms with E-state index in [4.69, 9.17) is 14.2 Å². The number of hydrogen-bond acceptors (Lipinski definition) is 4. The van der Waals surface area contributed by atoms with Crippen LogP contribution in [0.2, 0.25) is 0 Å². The molecule has 1 amide bonds. The fourth-order valence-corrected chi connectivity index (χ4v) is 7.46. The first-order chi connectivity index (χ1) is 22.3. The molecular weight excluding hydrogens is 570 g/mol. The third-order valence-corrected chi connectivity index (χ3v) is 10.2. The quantitative estimate of drug-likeness (QED) is 0.197. The van der Waals surface area contributed by atoms with E-state index in [2.05, 4.69) is 106 Å². The number of hydrogen-bond donors (Lipinski definition) is 0. The van der Waals surface area contributed by atoms with Crippen LogP contribution >= 0.6 is 0 Å². The first-order valence-corrected chi connectivity index (χ1v) is 16.8. The molecule has 0 spiro atoms. The number of amides is 1. The highest BCUT2D eigenvalue weighted by atomic mass is 16.6. The van der Waals surface area contributed by atoms with Gasteiger partial charge in [-0.1, -0.05) is 106 Å². The fraction of sp³-hybridized carbons (Fsp3) is 0.390. The van der Waals surface area contributed by atoms with E-state index >= 15 is 0 Å². The van der Waals surface area contributed by atoms with Gasteiger partial charge in [0.1, 0.15) is 6.10 Å². The van der Waals surface area contributed by atoms with Crippen LogP contribution in [0.5, 0.6) is 11.5 Å². The molecular formula is C41H47NO4. The predicted octanol–water partition coefficient (Wildman–Crippen LogP) is 9.78. The Bertz CT molecular complexity index is 1610. The largest absolute Gasteiger partial charge is 0.493 e. The van der Waals surface area contributed by atoms with Crippen LogP contribution in [0.3, 0.4) is 0 Å². The second-order valence-electron chi connectivity index (χ2n) is 13.5. The molecule has 0 radical (unpaired) electrons. The minimum Gasteiger partial charge on any atom is -0.493 e. The molecule has 0 aromatic heterocycles. The summed E-state index contributed by atoms with van der Waals surface area (Å²) in [6, 6.07) is 31.9. The lowest BCUT2D eigenvalue weighted by molar-refractivity contribution is -0.0167. The molecule has 5 nitrogen and oxygen atoms in total. The predicted molar refractivity (Wildman–Crippen MR) is 185 cm³/mol. The van der Waals surface area contributed by atoms with Gasteiger partial charge in [-0.2, -0.15) is 0 Å². The monoisotopic (exact) mass is 617 g/mol. The van der Waals surface area contributed by atoms with Gasteiger partial charge in [0.05, 0.1) is 20.3 Å². The molecule has 1 heterocycles. The van der Waals surface area contributed by atoms with Crippen molar-refractivity contribution in [3.05, 3.63) is 108 Å². The van der Waals surface area contributed by atoms with Crippen molar-refractivity contribution in [3.8, 4) is 33.8 Å². The molecule has 0 saturated heterocycles. The average molecular weight is 618 g/mol. The van der Waals surface area contributed by atoms with E-state index in [0.717, 1.165) is 30.6 Å². The van der Waals surface area contributed by atoms with Gasteiger partial charge in [0.2, 0.25) is 0 Å². The molecule has 46 heavy (non-hydrogen) atoms. The molecule has 4 aromatic rings. The van der Waals surface area contributed by atoms with Gasteiger partial charge in [-0.25, -0.2) is 4.79 Å². The smallest absolute Gasteiger partial charge is 0.410 e. The summed E-state index contributed by atoms with van der Waals surface area (Å²) in [7, 11) is 3.33. The summed E-state index contributed by atoms with van der Waals surface area (Å²) in [5, 5.41) is 0. The topological polar surface area (TPSA) is 48.0 Å². The van der Waals surface area contributed by atoms with Crippen LogP contribution in [0.4, 0.5) is 4.79 Å². The number of benzene rings is 4. The Morgan fingerprint density at radius 3 is 2.00 bits per heavy atom. The Morgan fingerprint density at radius 1 is 0.804 bits per heavy atom. The minimum atomic E-state index is -0.203. The van der Waals surface area contributed by atoms with Gasteiger partial charge in [-0.3, -0.25) is 0 Å². The molecule has 1 aliphatic heterocycles. The highest BCUT2D eigenvalue weighted by Gasteiger charge is 2.38. The number of ether oxygens (including phenoxy) is 3. The van der Waals surface area contributed by atoms with Gasteiger partial charge < -0.3 is 19.1 Å². The van der Waals surface area contributed by atoms with Crippen molar-refractivity contribution in [3.63, 3.8) is 0 Å². The normalized spacial score (nSPS) is 21.0. The summed E-state index contributed by atoms with van der Waals surface area (Å²) in [6.07, 6.45) is 4.42. The summed E-state index contributed by atoms with van der Waals surface area (Å²) < 4.78 is 17.8. The second kappa shape index (κ2) is 14.0. The van der Waals surface area contributed by atoms with E-state index in [9.17, 15) is 4.79 Å². The van der Waals surface area contributed by atoms with Crippen molar-refractivity contribution in [2.24, 2.45) is 17.8 Å². The Kier molecular flexibility index (Phi) is 9.67. The van der Waals surface area contributed by atoms with Gasteiger partial charge in [0, 0.05) is 6.54 Å². The number of rotatable bonds is 8. The highest BCUT2D eigenvalue weighted by molar-refractivity contribution is 5.71. The molecule has 0 N–H and O–H groups in total. The van der Waals surface area contributed by atoms with Crippen LogP contribution in [0.1, 0.15) is 62.8 Å². The maximum absolute atomic E-state index is 14.0. The maximum atomic E-state index is 14.0. The summed E-state index contributed by atoms with van der Waals surface area (Å²) in [5.74, 6) is 2.84. The number of carbonyl (C=O) groups excluding carboxylic acids is 1. The number of carbonyl (C=O) groups is 1. The standard InChI is InChI=1S/C41H47NO4/c1-27(2)35-20-11-28(3)23-38(35)46-41(43)42-22-21-34-25-39(44-4)40(45-5)26-36(34)37(42)24-29-12-14-31(15-13-29)33-18-16-32(17-19-33)30-9-7-6-8-10-30/h6-10,12-19,25-28,35,37-38H,11,20-24H2,1-5H3/t28-,35+,37+,38-/m0/s1. The van der Waals surface area contributed by atoms with Crippen molar-refractivity contribution >= 4 is 6.09 Å². The first kappa shape index (κ1) is 31.7. The van der Waals surface area contributed by atoms with Crippen LogP contribution < -0.4 is 9.47 Å². The number of nitrogens with zero attached hydrogens (tertiary/aromatic N) is 1. The number of methoxy groups -OCH3 is 2. The zero-order valence-electron chi connectivity index (χ0n) is 27.9. The van der Waals surface area contributed by atoms with E-state index in [-0.39, 0.29) is 18.2 Å². The zero-order chi connectivity index (χ0) is 32.2. The van der Waals surface area contributed by atoms with E-state index in [0.29, 0.717) is 36.5 Å². The Balaban J connectivity index is 1.26. The molecule has 4 aromatic carbocycles. The summed E-state index contributed by atoms with van der Waals surface area (Å²) >= 11 is 0. The van der Waals surface area contributed by atoms with Gasteiger partial charge in [-0.15, -0.1) is 0 Å². The number of fused-ring (bicyclic) bond motifs is 1. The summed E-state index contributed by atoms with van der Waals surface area (Å²) in [5.41, 5.74) is 8.22. The second-order valence-corrected chi connectivity index (χ2v) is 13.5. The molecule has 1 saturated carbocycles. The van der Waals surface area contributed by atoms with Crippen molar-refractivity contribution in [1.29, 1.82) is 0 Å². The summed E-state index contributed by atoms with van der Waals surface area (Å²) in [6.45, 7) is 7.38. The lowest BCUT2D eigenvalue weighted by atomic mass is 9.75. The molecule has 4 atom stereocenters. The third kappa shape index (κ3) is 6.79. The minimum absolute atomic E-state index is 0.0451. The van der Waals surface area contributed by atoms with Crippen molar-refractivity contribution < 1.29 is 19.0 Å². The van der Waals surface area contributed by atoms with Gasteiger partial charge >= 0.3 is 6.09 Å². The zero-order valence-corrected chi connectivity index (χ0v) is 27.9. The van der Waals surface area contributed by atoms with E-state index in [1.54, 1.807) is 14.2 Å². The molecule has 0 unspecified atom stereocenters. The lowest BCUT2D eigenvalue weighted by Gasteiger charge is -2.41. The van der Waals surface area contributed by atoms with E-state index in [1.807, 2.05) is 11.0 Å². The molecule has 240 valence electrons. The van der Waals surface area contributed by atoms with Crippen LogP contribution in [-0.4, -0.2) is 37.9 Å². The Hall–Kier alpha value is -4.25. The average Bonchev–Trinajstić information content (AvgIpc) is 3.08. The summed E-state index contributed by atoms with van der Waals surface area (Å²) in [4.78, 5) is 16.0. The molecule has 5 heteroatoms. The van der Waals surface area contributed by atoms with Crippen molar-refractivity contribution in [1.82, 2.24) is 4.90 Å². The van der Waals surface area contributed by atoms with Crippen LogP contribution in [0.25, 0.3) is 22.3 Å². The highest BCUT2D eigenvalue weighted by Crippen LogP contribution is 2.41.